The highest BCUT2D eigenvalue weighted by atomic mass is 35.5. The smallest absolute Gasteiger partial charge is 0.224 e. The second-order valence-corrected chi connectivity index (χ2v) is 9.27. The third-order valence-corrected chi connectivity index (χ3v) is 6.92. The Morgan fingerprint density at radius 2 is 1.70 bits per heavy atom. The molecule has 1 heterocycles. The maximum absolute atomic E-state index is 13.7. The number of nitrogens with one attached hydrogen (secondary N) is 1. The fourth-order valence-corrected chi connectivity index (χ4v) is 5.43. The van der Waals surface area contributed by atoms with Crippen LogP contribution in [0.25, 0.3) is 0 Å². The lowest BCUT2D eigenvalue weighted by Crippen LogP contribution is -2.37. The maximum atomic E-state index is 13.7. The van der Waals surface area contributed by atoms with E-state index < -0.39 is 6.04 Å². The molecule has 0 saturated carbocycles. The molecule has 2 aliphatic rings. The Balaban J connectivity index is 1.73. The third-order valence-electron chi connectivity index (χ3n) is 6.36. The maximum Gasteiger partial charge on any atom is 0.224 e. The van der Waals surface area contributed by atoms with Gasteiger partial charge < -0.3 is 5.32 Å². The normalized spacial score (nSPS) is 20.0. The Labute approximate surface area is 202 Å². The van der Waals surface area contributed by atoms with Crippen LogP contribution >= 0.6 is 23.2 Å². The Morgan fingerprint density at radius 3 is 2.42 bits per heavy atom. The van der Waals surface area contributed by atoms with Crippen LogP contribution in [-0.4, -0.2) is 11.7 Å². The molecule has 0 fully saturated rings. The van der Waals surface area contributed by atoms with Gasteiger partial charge >= 0.3 is 0 Å². The second-order valence-electron chi connectivity index (χ2n) is 8.43. The third kappa shape index (κ3) is 3.94. The first-order chi connectivity index (χ1) is 15.9. The molecule has 0 unspecified atom stereocenters. The number of carbonyl (C=O) groups is 2. The van der Waals surface area contributed by atoms with Gasteiger partial charge in [-0.3, -0.25) is 14.5 Å². The van der Waals surface area contributed by atoms with Gasteiger partial charge in [-0.05, 0) is 47.7 Å². The van der Waals surface area contributed by atoms with Crippen LogP contribution in [0.5, 0.6) is 0 Å². The molecule has 1 aliphatic carbocycles. The number of fused-ring (bicyclic) bond motifs is 1. The summed E-state index contributed by atoms with van der Waals surface area (Å²) in [4.78, 5) is 28.4. The summed E-state index contributed by atoms with van der Waals surface area (Å²) >= 11 is 12.8. The molecule has 33 heavy (non-hydrogen) atoms. The van der Waals surface area contributed by atoms with E-state index in [1.54, 1.807) is 23.1 Å². The molecule has 6 heteroatoms. The first-order valence-corrected chi connectivity index (χ1v) is 11.6. The number of hydrogen-bond donors (Lipinski definition) is 1. The van der Waals surface area contributed by atoms with Gasteiger partial charge in [-0.15, -0.1) is 0 Å². The van der Waals surface area contributed by atoms with Crippen molar-refractivity contribution in [1.82, 2.24) is 0 Å². The Kier molecular flexibility index (Phi) is 5.73. The fourth-order valence-electron chi connectivity index (χ4n) is 4.92. The Morgan fingerprint density at radius 1 is 0.970 bits per heavy atom. The van der Waals surface area contributed by atoms with E-state index >= 15 is 0 Å². The number of anilines is 2. The zero-order chi connectivity index (χ0) is 23.1. The van der Waals surface area contributed by atoms with Gasteiger partial charge in [0.25, 0.3) is 0 Å². The zero-order valence-corrected chi connectivity index (χ0v) is 19.5. The van der Waals surface area contributed by atoms with Gasteiger partial charge in [-0.2, -0.15) is 0 Å². The number of halogens is 2. The molecule has 5 rings (SSSR count). The summed E-state index contributed by atoms with van der Waals surface area (Å²) in [5.41, 5.74) is 4.70. The molecule has 166 valence electrons. The van der Waals surface area contributed by atoms with Crippen molar-refractivity contribution in [1.29, 1.82) is 0 Å². The number of Topliss-reactive ketones (excluding diaryl/α,β-unsaturated/α-hetero) is 1. The van der Waals surface area contributed by atoms with E-state index in [9.17, 15) is 9.59 Å². The van der Waals surface area contributed by atoms with Gasteiger partial charge in [-0.1, -0.05) is 71.7 Å². The van der Waals surface area contributed by atoms with Crippen LogP contribution < -0.4 is 10.2 Å². The SMILES string of the molecule is CC(=O)N1c2ccccc2NC2=C(C(=O)C[C@H](c3ccccc3)C2)[C@H]1c1ccc(Cl)cc1Cl. The van der Waals surface area contributed by atoms with Gasteiger partial charge in [0.2, 0.25) is 5.91 Å². The predicted molar refractivity (Wildman–Crippen MR) is 133 cm³/mol. The minimum atomic E-state index is -0.650. The molecule has 0 aromatic heterocycles. The molecule has 0 radical (unpaired) electrons. The molecule has 0 spiro atoms. The monoisotopic (exact) mass is 476 g/mol. The number of hydrogen-bond acceptors (Lipinski definition) is 3. The topological polar surface area (TPSA) is 49.4 Å². The van der Waals surface area contributed by atoms with E-state index in [-0.39, 0.29) is 17.6 Å². The van der Waals surface area contributed by atoms with Crippen molar-refractivity contribution in [3.8, 4) is 0 Å². The number of para-hydroxylation sites is 2. The highest BCUT2D eigenvalue weighted by Crippen LogP contribution is 2.48. The second kappa shape index (κ2) is 8.69. The Bertz CT molecular complexity index is 1290. The highest BCUT2D eigenvalue weighted by molar-refractivity contribution is 6.35. The largest absolute Gasteiger partial charge is 0.357 e. The summed E-state index contributed by atoms with van der Waals surface area (Å²) in [5.74, 6) is -0.109. The molecule has 1 aliphatic heterocycles. The van der Waals surface area contributed by atoms with Gasteiger partial charge in [0.15, 0.2) is 5.78 Å². The lowest BCUT2D eigenvalue weighted by atomic mass is 9.78. The first kappa shape index (κ1) is 21.7. The molecule has 0 bridgehead atoms. The molecule has 0 saturated heterocycles. The summed E-state index contributed by atoms with van der Waals surface area (Å²) in [6.07, 6.45) is 1.03. The number of ketones is 1. The summed E-state index contributed by atoms with van der Waals surface area (Å²) in [5, 5.41) is 4.42. The van der Waals surface area contributed by atoms with E-state index in [0.29, 0.717) is 39.7 Å². The quantitative estimate of drug-likeness (QED) is 0.436. The highest BCUT2D eigenvalue weighted by Gasteiger charge is 2.41. The molecular weight excluding hydrogens is 455 g/mol. The van der Waals surface area contributed by atoms with E-state index in [1.807, 2.05) is 42.5 Å². The molecule has 2 atom stereocenters. The van der Waals surface area contributed by atoms with Crippen molar-refractivity contribution in [2.24, 2.45) is 0 Å². The van der Waals surface area contributed by atoms with Gasteiger partial charge in [-0.25, -0.2) is 0 Å². The van der Waals surface area contributed by atoms with E-state index in [1.165, 1.54) is 6.92 Å². The van der Waals surface area contributed by atoms with Crippen molar-refractivity contribution in [3.05, 3.63) is 105 Å². The van der Waals surface area contributed by atoms with Crippen molar-refractivity contribution in [3.63, 3.8) is 0 Å². The van der Waals surface area contributed by atoms with Gasteiger partial charge in [0.05, 0.1) is 17.4 Å². The predicted octanol–water partition coefficient (Wildman–Crippen LogP) is 6.91. The summed E-state index contributed by atoms with van der Waals surface area (Å²) in [6, 6.07) is 22.2. The van der Waals surface area contributed by atoms with Crippen molar-refractivity contribution in [2.45, 2.75) is 31.7 Å². The average Bonchev–Trinajstić information content (AvgIpc) is 2.94. The summed E-state index contributed by atoms with van der Waals surface area (Å²) < 4.78 is 0. The van der Waals surface area contributed by atoms with Gasteiger partial charge in [0.1, 0.15) is 0 Å². The lowest BCUT2D eigenvalue weighted by Gasteiger charge is -2.35. The molecule has 4 nitrogen and oxygen atoms in total. The van der Waals surface area contributed by atoms with Crippen LogP contribution in [0.1, 0.15) is 42.9 Å². The first-order valence-electron chi connectivity index (χ1n) is 10.9. The van der Waals surface area contributed by atoms with Crippen LogP contribution in [0.2, 0.25) is 10.0 Å². The number of carbonyl (C=O) groups excluding carboxylic acids is 2. The summed E-state index contributed by atoms with van der Waals surface area (Å²) in [7, 11) is 0. The van der Waals surface area contributed by atoms with Crippen molar-refractivity contribution in [2.75, 3.05) is 10.2 Å². The number of rotatable bonds is 2. The van der Waals surface area contributed by atoms with Crippen LogP contribution in [0, 0.1) is 0 Å². The molecular formula is C27H22Cl2N2O2. The molecule has 3 aromatic rings. The Hall–Kier alpha value is -3.08. The van der Waals surface area contributed by atoms with Crippen LogP contribution in [0.4, 0.5) is 11.4 Å². The number of benzene rings is 3. The number of allylic oxidation sites excluding steroid dienone is 1. The van der Waals surface area contributed by atoms with Gasteiger partial charge in [0, 0.05) is 34.7 Å². The minimum absolute atomic E-state index is 0.00711. The number of amides is 1. The number of nitrogens with zero attached hydrogens (tertiary/aromatic N) is 1. The van der Waals surface area contributed by atoms with E-state index in [4.69, 9.17) is 23.2 Å². The van der Waals surface area contributed by atoms with Crippen molar-refractivity contribution < 1.29 is 9.59 Å². The van der Waals surface area contributed by atoms with Crippen LogP contribution in [0.3, 0.4) is 0 Å². The van der Waals surface area contributed by atoms with Crippen molar-refractivity contribution >= 4 is 46.3 Å². The van der Waals surface area contributed by atoms with Crippen LogP contribution in [-0.2, 0) is 9.59 Å². The molecule has 3 aromatic carbocycles. The minimum Gasteiger partial charge on any atom is -0.357 e. The van der Waals surface area contributed by atoms with E-state index in [2.05, 4.69) is 17.4 Å². The fraction of sp³-hybridized carbons (Fsp3) is 0.185. The molecule has 1 N–H and O–H groups in total. The molecule has 1 amide bonds. The average molecular weight is 477 g/mol. The zero-order valence-electron chi connectivity index (χ0n) is 18.0. The van der Waals surface area contributed by atoms with E-state index in [0.717, 1.165) is 16.9 Å². The lowest BCUT2D eigenvalue weighted by molar-refractivity contribution is -0.117. The van der Waals surface area contributed by atoms with Crippen LogP contribution in [0.15, 0.2) is 84.1 Å². The summed E-state index contributed by atoms with van der Waals surface area (Å²) in [6.45, 7) is 1.51. The standard InChI is InChI=1S/C27H22Cl2N2O2/c1-16(32)31-24-10-6-5-9-22(24)30-23-13-18(17-7-3-2-4-8-17)14-25(33)26(23)27(31)20-12-11-19(28)15-21(20)29/h2-12,15,18,27,30H,13-14H2,1H3/t18-,27-/m1/s1.